The van der Waals surface area contributed by atoms with Gasteiger partial charge < -0.3 is 4.74 Å². The van der Waals surface area contributed by atoms with Gasteiger partial charge in [0.1, 0.15) is 12.4 Å². The topological polar surface area (TPSA) is 46.6 Å². The second kappa shape index (κ2) is 5.71. The van der Waals surface area contributed by atoms with Crippen LogP contribution < -0.4 is 4.74 Å². The summed E-state index contributed by atoms with van der Waals surface area (Å²) in [5.41, 5.74) is 1.14. The minimum absolute atomic E-state index is 0.275. The van der Waals surface area contributed by atoms with Crippen LogP contribution in [0, 0.1) is 6.92 Å². The van der Waals surface area contributed by atoms with E-state index in [4.69, 9.17) is 4.74 Å². The molecule has 1 aromatic rings. The molecule has 0 radical (unpaired) electrons. The normalized spacial score (nSPS) is 19.6. The van der Waals surface area contributed by atoms with Gasteiger partial charge in [-0.15, -0.1) is 0 Å². The SMILES string of the molecule is Cc1cccc(OCCN2CCCCS2(=O)=O)c1. The quantitative estimate of drug-likeness (QED) is 0.837. The first-order chi connectivity index (χ1) is 8.58. The third kappa shape index (κ3) is 3.46. The molecule has 18 heavy (non-hydrogen) atoms. The van der Waals surface area contributed by atoms with E-state index in [-0.39, 0.29) is 5.75 Å². The summed E-state index contributed by atoms with van der Waals surface area (Å²) < 4.78 is 30.6. The Hall–Kier alpha value is -1.07. The Kier molecular flexibility index (Phi) is 4.24. The molecule has 0 aromatic heterocycles. The fourth-order valence-electron chi connectivity index (χ4n) is 2.06. The standard InChI is InChI=1S/C13H19NO3S/c1-12-5-4-6-13(11-12)17-9-8-14-7-2-3-10-18(14,15)16/h4-6,11H,2-3,7-10H2,1H3. The molecule has 1 aliphatic heterocycles. The van der Waals surface area contributed by atoms with Crippen molar-refractivity contribution in [1.82, 2.24) is 4.31 Å². The number of sulfonamides is 1. The zero-order chi connectivity index (χ0) is 13.0. The molecule has 0 bridgehead atoms. The summed E-state index contributed by atoms with van der Waals surface area (Å²) in [6.07, 6.45) is 1.72. The molecular formula is C13H19NO3S. The molecule has 1 saturated heterocycles. The van der Waals surface area contributed by atoms with Crippen molar-refractivity contribution in [2.24, 2.45) is 0 Å². The van der Waals surface area contributed by atoms with Crippen LogP contribution in [0.3, 0.4) is 0 Å². The van der Waals surface area contributed by atoms with Crippen molar-refractivity contribution in [2.45, 2.75) is 19.8 Å². The van der Waals surface area contributed by atoms with Gasteiger partial charge in [-0.3, -0.25) is 0 Å². The largest absolute Gasteiger partial charge is 0.492 e. The summed E-state index contributed by atoms with van der Waals surface area (Å²) in [6.45, 7) is 3.47. The number of nitrogens with zero attached hydrogens (tertiary/aromatic N) is 1. The van der Waals surface area contributed by atoms with E-state index in [1.165, 1.54) is 4.31 Å². The highest BCUT2D eigenvalue weighted by Gasteiger charge is 2.25. The highest BCUT2D eigenvalue weighted by Crippen LogP contribution is 2.15. The van der Waals surface area contributed by atoms with Crippen molar-refractivity contribution >= 4 is 10.0 Å². The van der Waals surface area contributed by atoms with Gasteiger partial charge in [0.15, 0.2) is 0 Å². The lowest BCUT2D eigenvalue weighted by molar-refractivity contribution is 0.266. The van der Waals surface area contributed by atoms with Gasteiger partial charge in [0.05, 0.1) is 5.75 Å². The minimum Gasteiger partial charge on any atom is -0.492 e. The van der Waals surface area contributed by atoms with Gasteiger partial charge in [-0.25, -0.2) is 8.42 Å². The molecule has 0 atom stereocenters. The third-order valence-corrected chi connectivity index (χ3v) is 5.01. The molecular weight excluding hydrogens is 250 g/mol. The Labute approximate surface area is 109 Å². The predicted octanol–water partition coefficient (Wildman–Crippen LogP) is 1.80. The summed E-state index contributed by atoms with van der Waals surface area (Å²) in [5, 5.41) is 0. The summed E-state index contributed by atoms with van der Waals surface area (Å²) in [5.74, 6) is 1.07. The van der Waals surface area contributed by atoms with Crippen LogP contribution in [0.5, 0.6) is 5.75 Å². The molecule has 0 spiro atoms. The van der Waals surface area contributed by atoms with Crippen molar-refractivity contribution in [3.8, 4) is 5.75 Å². The monoisotopic (exact) mass is 269 g/mol. The summed E-state index contributed by atoms with van der Waals surface area (Å²) in [7, 11) is -3.03. The van der Waals surface area contributed by atoms with Crippen molar-refractivity contribution in [2.75, 3.05) is 25.4 Å². The first kappa shape index (κ1) is 13.4. The van der Waals surface area contributed by atoms with E-state index in [2.05, 4.69) is 0 Å². The Bertz CT molecular complexity index is 499. The maximum absolute atomic E-state index is 11.7. The molecule has 4 nitrogen and oxygen atoms in total. The molecule has 1 aromatic carbocycles. The van der Waals surface area contributed by atoms with Crippen LogP contribution in [-0.4, -0.2) is 38.2 Å². The molecule has 0 saturated carbocycles. The van der Waals surface area contributed by atoms with E-state index in [0.717, 1.165) is 24.2 Å². The molecule has 5 heteroatoms. The van der Waals surface area contributed by atoms with E-state index in [1.54, 1.807) is 0 Å². The molecule has 1 heterocycles. The second-order valence-corrected chi connectivity index (χ2v) is 6.68. The highest BCUT2D eigenvalue weighted by atomic mass is 32.2. The van der Waals surface area contributed by atoms with Gasteiger partial charge in [0.25, 0.3) is 0 Å². The van der Waals surface area contributed by atoms with E-state index >= 15 is 0 Å². The number of ether oxygens (including phenoxy) is 1. The maximum atomic E-state index is 11.7. The zero-order valence-corrected chi connectivity index (χ0v) is 11.4. The molecule has 1 aliphatic rings. The van der Waals surface area contributed by atoms with Gasteiger partial charge in [-0.1, -0.05) is 12.1 Å². The van der Waals surface area contributed by atoms with Crippen LogP contribution in [0.1, 0.15) is 18.4 Å². The van der Waals surface area contributed by atoms with Crippen molar-refractivity contribution in [1.29, 1.82) is 0 Å². The summed E-state index contributed by atoms with van der Waals surface area (Å²) in [4.78, 5) is 0. The number of hydrogen-bond donors (Lipinski definition) is 0. The molecule has 100 valence electrons. The molecule has 0 N–H and O–H groups in total. The molecule has 0 aliphatic carbocycles. The smallest absolute Gasteiger partial charge is 0.214 e. The van der Waals surface area contributed by atoms with Crippen LogP contribution in [0.15, 0.2) is 24.3 Å². The highest BCUT2D eigenvalue weighted by molar-refractivity contribution is 7.89. The van der Waals surface area contributed by atoms with Crippen molar-refractivity contribution in [3.05, 3.63) is 29.8 Å². The lowest BCUT2D eigenvalue weighted by Crippen LogP contribution is -2.40. The number of rotatable bonds is 4. The molecule has 1 fully saturated rings. The minimum atomic E-state index is -3.03. The third-order valence-electron chi connectivity index (χ3n) is 3.05. The molecule has 0 unspecified atom stereocenters. The van der Waals surface area contributed by atoms with Crippen LogP contribution in [0.25, 0.3) is 0 Å². The summed E-state index contributed by atoms with van der Waals surface area (Å²) in [6, 6.07) is 7.77. The van der Waals surface area contributed by atoms with Gasteiger partial charge in [-0.2, -0.15) is 4.31 Å². The zero-order valence-electron chi connectivity index (χ0n) is 10.6. The van der Waals surface area contributed by atoms with E-state index in [9.17, 15) is 8.42 Å². The fourth-order valence-corrected chi connectivity index (χ4v) is 3.65. The number of hydrogen-bond acceptors (Lipinski definition) is 3. The van der Waals surface area contributed by atoms with Gasteiger partial charge in [0, 0.05) is 13.1 Å². The first-order valence-corrected chi connectivity index (χ1v) is 7.86. The second-order valence-electron chi connectivity index (χ2n) is 4.59. The van der Waals surface area contributed by atoms with E-state index in [0.29, 0.717) is 19.7 Å². The van der Waals surface area contributed by atoms with Crippen LogP contribution in [0.2, 0.25) is 0 Å². The van der Waals surface area contributed by atoms with Crippen LogP contribution in [-0.2, 0) is 10.0 Å². The van der Waals surface area contributed by atoms with Crippen molar-refractivity contribution < 1.29 is 13.2 Å². The Morgan fingerprint density at radius 2 is 2.17 bits per heavy atom. The van der Waals surface area contributed by atoms with Crippen LogP contribution >= 0.6 is 0 Å². The van der Waals surface area contributed by atoms with Crippen molar-refractivity contribution in [3.63, 3.8) is 0 Å². The van der Waals surface area contributed by atoms with Gasteiger partial charge in [-0.05, 0) is 37.5 Å². The fraction of sp³-hybridized carbons (Fsp3) is 0.538. The molecule has 2 rings (SSSR count). The Balaban J connectivity index is 1.85. The maximum Gasteiger partial charge on any atom is 0.214 e. The number of aryl methyl sites for hydroxylation is 1. The van der Waals surface area contributed by atoms with E-state index < -0.39 is 10.0 Å². The van der Waals surface area contributed by atoms with Gasteiger partial charge >= 0.3 is 0 Å². The van der Waals surface area contributed by atoms with E-state index in [1.807, 2.05) is 31.2 Å². The summed E-state index contributed by atoms with van der Waals surface area (Å²) >= 11 is 0. The average Bonchev–Trinajstić information content (AvgIpc) is 2.31. The predicted molar refractivity (Wildman–Crippen MR) is 71.3 cm³/mol. The van der Waals surface area contributed by atoms with Gasteiger partial charge in [0.2, 0.25) is 10.0 Å². The number of benzene rings is 1. The Morgan fingerprint density at radius 1 is 1.33 bits per heavy atom. The lowest BCUT2D eigenvalue weighted by Gasteiger charge is -2.26. The first-order valence-electron chi connectivity index (χ1n) is 6.25. The lowest BCUT2D eigenvalue weighted by atomic mass is 10.2. The average molecular weight is 269 g/mol. The Morgan fingerprint density at radius 3 is 2.89 bits per heavy atom. The van der Waals surface area contributed by atoms with Crippen LogP contribution in [0.4, 0.5) is 0 Å². The molecule has 0 amide bonds.